The number of aryl methyl sites for hydroxylation is 2. The number of primary amides is 1. The third kappa shape index (κ3) is 5.78. The Hall–Kier alpha value is -3.46. The summed E-state index contributed by atoms with van der Waals surface area (Å²) in [6.07, 6.45) is 2.36. The Labute approximate surface area is 165 Å². The zero-order valence-corrected chi connectivity index (χ0v) is 16.3. The lowest BCUT2D eigenvalue weighted by Gasteiger charge is -2.13. The van der Waals surface area contributed by atoms with Crippen LogP contribution >= 0.6 is 0 Å². The summed E-state index contributed by atoms with van der Waals surface area (Å²) < 4.78 is 16.9. The molecule has 0 unspecified atom stereocenters. The number of amides is 1. The van der Waals surface area contributed by atoms with Gasteiger partial charge in [-0.05, 0) is 60.4 Å². The van der Waals surface area contributed by atoms with E-state index in [4.69, 9.17) is 25.2 Å². The van der Waals surface area contributed by atoms with Gasteiger partial charge in [-0.25, -0.2) is 0 Å². The highest BCUT2D eigenvalue weighted by atomic mass is 16.5. The number of nitrogens with two attached hydrogens (primary N) is 1. The molecule has 0 aromatic heterocycles. The average molecular weight is 380 g/mol. The molecule has 0 spiro atoms. The number of rotatable bonds is 9. The van der Waals surface area contributed by atoms with Crippen LogP contribution < -0.4 is 19.9 Å². The van der Waals surface area contributed by atoms with Crippen LogP contribution in [0.3, 0.4) is 0 Å². The van der Waals surface area contributed by atoms with Crippen molar-refractivity contribution >= 4 is 12.0 Å². The van der Waals surface area contributed by atoms with E-state index in [1.54, 1.807) is 24.3 Å². The summed E-state index contributed by atoms with van der Waals surface area (Å²) in [6.45, 7) is 4.87. The van der Waals surface area contributed by atoms with Crippen molar-refractivity contribution in [3.8, 4) is 23.3 Å². The summed E-state index contributed by atoms with van der Waals surface area (Å²) >= 11 is 0. The monoisotopic (exact) mass is 380 g/mol. The third-order valence-electron chi connectivity index (χ3n) is 4.01. The lowest BCUT2D eigenvalue weighted by molar-refractivity contribution is -0.114. The molecular weight excluding hydrogens is 356 g/mol. The number of hydrogen-bond donors (Lipinski definition) is 1. The van der Waals surface area contributed by atoms with E-state index < -0.39 is 5.91 Å². The largest absolute Gasteiger partial charge is 0.493 e. The van der Waals surface area contributed by atoms with Crippen LogP contribution in [0, 0.1) is 18.3 Å². The fourth-order valence-electron chi connectivity index (χ4n) is 2.64. The van der Waals surface area contributed by atoms with Crippen molar-refractivity contribution in [1.82, 2.24) is 0 Å². The van der Waals surface area contributed by atoms with E-state index >= 15 is 0 Å². The smallest absolute Gasteiger partial charge is 0.259 e. The molecule has 0 saturated carbocycles. The van der Waals surface area contributed by atoms with Crippen molar-refractivity contribution in [2.24, 2.45) is 5.73 Å². The quantitative estimate of drug-likeness (QED) is 0.409. The number of benzene rings is 2. The Bertz CT molecular complexity index is 913. The van der Waals surface area contributed by atoms with Gasteiger partial charge in [0.05, 0.1) is 7.11 Å². The summed E-state index contributed by atoms with van der Waals surface area (Å²) in [7, 11) is 1.52. The first kappa shape index (κ1) is 20.8. The van der Waals surface area contributed by atoms with Gasteiger partial charge >= 0.3 is 0 Å². The Morgan fingerprint density at radius 1 is 1.14 bits per heavy atom. The van der Waals surface area contributed by atoms with Gasteiger partial charge in [0.1, 0.15) is 30.6 Å². The van der Waals surface area contributed by atoms with Gasteiger partial charge in [0.25, 0.3) is 5.91 Å². The topological polar surface area (TPSA) is 94.6 Å². The van der Waals surface area contributed by atoms with Crippen molar-refractivity contribution in [3.05, 3.63) is 58.7 Å². The average Bonchev–Trinajstić information content (AvgIpc) is 2.69. The summed E-state index contributed by atoms with van der Waals surface area (Å²) in [6, 6.07) is 13.0. The number of methoxy groups -OCH3 is 1. The summed E-state index contributed by atoms with van der Waals surface area (Å²) in [4.78, 5) is 11.2. The van der Waals surface area contributed by atoms with Gasteiger partial charge < -0.3 is 19.9 Å². The predicted octanol–water partition coefficient (Wildman–Crippen LogP) is 3.42. The van der Waals surface area contributed by atoms with Crippen molar-refractivity contribution in [1.29, 1.82) is 5.26 Å². The van der Waals surface area contributed by atoms with Gasteiger partial charge in [-0.1, -0.05) is 19.1 Å². The van der Waals surface area contributed by atoms with Crippen LogP contribution in [-0.4, -0.2) is 26.2 Å². The van der Waals surface area contributed by atoms with Gasteiger partial charge in [-0.2, -0.15) is 5.26 Å². The summed E-state index contributed by atoms with van der Waals surface area (Å²) in [5.74, 6) is 1.07. The van der Waals surface area contributed by atoms with Crippen molar-refractivity contribution in [3.63, 3.8) is 0 Å². The minimum Gasteiger partial charge on any atom is -0.493 e. The number of nitriles is 1. The van der Waals surface area contributed by atoms with E-state index in [-0.39, 0.29) is 5.57 Å². The predicted molar refractivity (Wildman–Crippen MR) is 107 cm³/mol. The molecule has 0 bridgehead atoms. The molecule has 0 heterocycles. The highest BCUT2D eigenvalue weighted by Crippen LogP contribution is 2.29. The molecule has 2 N–H and O–H groups in total. The maximum Gasteiger partial charge on any atom is 0.259 e. The zero-order valence-electron chi connectivity index (χ0n) is 16.3. The van der Waals surface area contributed by atoms with Gasteiger partial charge in [-0.15, -0.1) is 0 Å². The van der Waals surface area contributed by atoms with Crippen molar-refractivity contribution in [2.75, 3.05) is 20.3 Å². The number of carbonyl (C=O) groups excluding carboxylic acids is 1. The van der Waals surface area contributed by atoms with Gasteiger partial charge in [0.15, 0.2) is 11.5 Å². The molecule has 2 aromatic rings. The van der Waals surface area contributed by atoms with Crippen LogP contribution in [0.4, 0.5) is 0 Å². The second-order valence-electron chi connectivity index (χ2n) is 6.15. The Balaban J connectivity index is 2.00. The van der Waals surface area contributed by atoms with Crippen LogP contribution in [0.15, 0.2) is 42.0 Å². The Morgan fingerprint density at radius 2 is 1.89 bits per heavy atom. The van der Waals surface area contributed by atoms with E-state index in [2.05, 4.69) is 13.0 Å². The second-order valence-corrected chi connectivity index (χ2v) is 6.15. The lowest BCUT2D eigenvalue weighted by Crippen LogP contribution is -2.12. The van der Waals surface area contributed by atoms with Crippen LogP contribution in [-0.2, 0) is 11.2 Å². The Morgan fingerprint density at radius 3 is 2.54 bits per heavy atom. The van der Waals surface area contributed by atoms with Crippen LogP contribution in [0.2, 0.25) is 0 Å². The second kappa shape index (κ2) is 10.0. The normalized spacial score (nSPS) is 10.9. The highest BCUT2D eigenvalue weighted by Gasteiger charge is 2.08. The molecule has 0 atom stereocenters. The molecule has 0 saturated heterocycles. The summed E-state index contributed by atoms with van der Waals surface area (Å²) in [5, 5.41) is 8.94. The molecule has 0 aliphatic rings. The number of carbonyl (C=O) groups is 1. The van der Waals surface area contributed by atoms with Gasteiger partial charge in [0, 0.05) is 0 Å². The molecule has 2 rings (SSSR count). The highest BCUT2D eigenvalue weighted by molar-refractivity contribution is 6.00. The van der Waals surface area contributed by atoms with Crippen LogP contribution in [0.25, 0.3) is 6.08 Å². The van der Waals surface area contributed by atoms with Crippen molar-refractivity contribution in [2.45, 2.75) is 20.3 Å². The third-order valence-corrected chi connectivity index (χ3v) is 4.01. The number of nitrogens with zero attached hydrogens (tertiary/aromatic N) is 1. The maximum atomic E-state index is 11.2. The minimum absolute atomic E-state index is 0.131. The molecule has 0 aliphatic carbocycles. The fraction of sp³-hybridized carbons (Fsp3) is 0.273. The molecule has 1 amide bonds. The zero-order chi connectivity index (χ0) is 20.5. The van der Waals surface area contributed by atoms with E-state index in [1.165, 1.54) is 18.7 Å². The van der Waals surface area contributed by atoms with Crippen molar-refractivity contribution < 1.29 is 19.0 Å². The van der Waals surface area contributed by atoms with E-state index in [0.717, 1.165) is 17.7 Å². The molecule has 2 aromatic carbocycles. The van der Waals surface area contributed by atoms with Gasteiger partial charge in [0.2, 0.25) is 0 Å². The fourth-order valence-corrected chi connectivity index (χ4v) is 2.64. The molecule has 6 heteroatoms. The first-order valence-corrected chi connectivity index (χ1v) is 8.92. The molecular formula is C22H24N2O4. The number of ether oxygens (including phenoxy) is 3. The molecule has 146 valence electrons. The van der Waals surface area contributed by atoms with Crippen LogP contribution in [0.5, 0.6) is 17.2 Å². The maximum absolute atomic E-state index is 11.2. The Kier molecular flexibility index (Phi) is 7.46. The minimum atomic E-state index is -0.777. The summed E-state index contributed by atoms with van der Waals surface area (Å²) in [5.41, 5.74) is 8.03. The first-order chi connectivity index (χ1) is 13.5. The van der Waals surface area contributed by atoms with E-state index in [0.29, 0.717) is 30.3 Å². The SMILES string of the molecule is CCc1cc(C)cc(OCCOc2ccc(/C=C(/C#N)C(N)=O)cc2OC)c1. The van der Waals surface area contributed by atoms with E-state index in [1.807, 2.05) is 19.1 Å². The number of hydrogen-bond acceptors (Lipinski definition) is 5. The lowest BCUT2D eigenvalue weighted by atomic mass is 10.1. The van der Waals surface area contributed by atoms with Gasteiger partial charge in [-0.3, -0.25) is 4.79 Å². The van der Waals surface area contributed by atoms with E-state index in [9.17, 15) is 4.79 Å². The molecule has 6 nitrogen and oxygen atoms in total. The first-order valence-electron chi connectivity index (χ1n) is 8.92. The molecule has 28 heavy (non-hydrogen) atoms. The molecule has 0 fully saturated rings. The molecule has 0 radical (unpaired) electrons. The standard InChI is InChI=1S/C22H24N2O4/c1-4-16-9-15(2)10-19(12-16)27-7-8-28-20-6-5-17(13-21(20)26-3)11-18(14-23)22(24)25/h5-6,9-13H,4,7-8H2,1-3H3,(H2,24,25)/b18-11-. The van der Waals surface area contributed by atoms with Crippen LogP contribution in [0.1, 0.15) is 23.6 Å². The molecule has 0 aliphatic heterocycles.